The first-order valence-electron chi connectivity index (χ1n) is 6.03. The van der Waals surface area contributed by atoms with Crippen LogP contribution in [0, 0.1) is 0 Å². The van der Waals surface area contributed by atoms with Gasteiger partial charge in [0.15, 0.2) is 0 Å². The average Bonchev–Trinajstić information content (AvgIpc) is 2.41. The van der Waals surface area contributed by atoms with Gasteiger partial charge >= 0.3 is 0 Å². The molecular weight excluding hydrogens is 290 g/mol. The van der Waals surface area contributed by atoms with Gasteiger partial charge in [-0.15, -0.1) is 12.4 Å². The van der Waals surface area contributed by atoms with Crippen molar-refractivity contribution in [1.29, 1.82) is 0 Å². The summed E-state index contributed by atoms with van der Waals surface area (Å²) in [5.41, 5.74) is 0.810. The fourth-order valence-electron chi connectivity index (χ4n) is 1.43. The van der Waals surface area contributed by atoms with E-state index in [9.17, 15) is 13.6 Å². The molecule has 0 heterocycles. The van der Waals surface area contributed by atoms with Gasteiger partial charge in [0.05, 0.1) is 0 Å². The highest BCUT2D eigenvalue weighted by atomic mass is 35.5. The van der Waals surface area contributed by atoms with E-state index in [-0.39, 0.29) is 18.3 Å². The number of benzene rings is 1. The predicted molar refractivity (Wildman–Crippen MR) is 75.6 cm³/mol. The summed E-state index contributed by atoms with van der Waals surface area (Å²) in [6.45, 7) is 0.343. The first kappa shape index (κ1) is 18.6. The van der Waals surface area contributed by atoms with Crippen LogP contribution in [-0.4, -0.2) is 32.5 Å². The predicted octanol–water partition coefficient (Wildman–Crippen LogP) is 1.98. The molecule has 2 N–H and O–H groups in total. The first-order chi connectivity index (χ1) is 9.11. The molecule has 0 aliphatic heterocycles. The second kappa shape index (κ2) is 10.4. The second-order valence-electron chi connectivity index (χ2n) is 3.98. The number of amides is 1. The summed E-state index contributed by atoms with van der Waals surface area (Å²) in [6, 6.07) is 6.75. The summed E-state index contributed by atoms with van der Waals surface area (Å²) in [4.78, 5) is 11.4. The summed E-state index contributed by atoms with van der Waals surface area (Å²) in [7, 11) is 1.77. The van der Waals surface area contributed by atoms with E-state index in [1.54, 1.807) is 31.3 Å². The van der Waals surface area contributed by atoms with E-state index in [1.807, 2.05) is 0 Å². The molecule has 1 amide bonds. The monoisotopic (exact) mass is 308 g/mol. The second-order valence-corrected chi connectivity index (χ2v) is 3.98. The lowest BCUT2D eigenvalue weighted by Crippen LogP contribution is -2.26. The van der Waals surface area contributed by atoms with Crippen molar-refractivity contribution < 1.29 is 18.3 Å². The number of hydrogen-bond donors (Lipinski definition) is 2. The van der Waals surface area contributed by atoms with Gasteiger partial charge in [-0.3, -0.25) is 4.79 Å². The highest BCUT2D eigenvalue weighted by Gasteiger charge is 2.05. The number of carbonyl (C=O) groups excluding carboxylic acids is 1. The topological polar surface area (TPSA) is 50.4 Å². The highest BCUT2D eigenvalue weighted by Crippen LogP contribution is 2.14. The largest absolute Gasteiger partial charge is 0.488 e. The number of hydrogen-bond acceptors (Lipinski definition) is 3. The Kier molecular flexibility index (Phi) is 9.67. The Morgan fingerprint density at radius 3 is 2.80 bits per heavy atom. The van der Waals surface area contributed by atoms with Crippen LogP contribution in [-0.2, 0) is 11.3 Å². The minimum Gasteiger partial charge on any atom is -0.488 e. The quantitative estimate of drug-likeness (QED) is 0.772. The van der Waals surface area contributed by atoms with Gasteiger partial charge in [0.1, 0.15) is 12.4 Å². The smallest absolute Gasteiger partial charge is 0.272 e. The zero-order chi connectivity index (χ0) is 14.1. The molecule has 0 aliphatic carbocycles. The minimum absolute atomic E-state index is 0. The van der Waals surface area contributed by atoms with Crippen molar-refractivity contribution in [1.82, 2.24) is 10.6 Å². The summed E-state index contributed by atoms with van der Waals surface area (Å²) in [5.74, 6) is 0.315. The maximum absolute atomic E-state index is 12.0. The van der Waals surface area contributed by atoms with Crippen LogP contribution in [0.3, 0.4) is 0 Å². The Morgan fingerprint density at radius 1 is 1.40 bits per heavy atom. The van der Waals surface area contributed by atoms with Gasteiger partial charge in [-0.25, -0.2) is 8.78 Å². The maximum Gasteiger partial charge on any atom is 0.272 e. The van der Waals surface area contributed by atoms with Crippen LogP contribution in [0.25, 0.3) is 0 Å². The van der Waals surface area contributed by atoms with Gasteiger partial charge in [-0.2, -0.15) is 0 Å². The van der Waals surface area contributed by atoms with Crippen molar-refractivity contribution in [2.24, 2.45) is 0 Å². The minimum atomic E-state index is -2.50. The standard InChI is InChI=1S/C13H18F2N2O2.ClH/c1-16-6-5-13(18)17-8-10-3-2-4-11(7-10)19-9-12(14)15;/h2-4,7,12,16H,5-6,8-9H2,1H3,(H,17,18);1H. The van der Waals surface area contributed by atoms with Gasteiger partial charge in [0.2, 0.25) is 5.91 Å². The molecule has 7 heteroatoms. The molecule has 0 fully saturated rings. The van der Waals surface area contributed by atoms with E-state index in [0.29, 0.717) is 25.3 Å². The van der Waals surface area contributed by atoms with E-state index in [1.165, 1.54) is 0 Å². The molecular formula is C13H19ClF2N2O2. The van der Waals surface area contributed by atoms with Crippen LogP contribution in [0.15, 0.2) is 24.3 Å². The van der Waals surface area contributed by atoms with Crippen molar-refractivity contribution in [3.63, 3.8) is 0 Å². The van der Waals surface area contributed by atoms with Crippen LogP contribution in [0.4, 0.5) is 8.78 Å². The molecule has 1 aromatic rings. The Labute approximate surface area is 123 Å². The summed E-state index contributed by atoms with van der Waals surface area (Å²) >= 11 is 0. The van der Waals surface area contributed by atoms with Gasteiger partial charge in [0, 0.05) is 19.5 Å². The van der Waals surface area contributed by atoms with Crippen molar-refractivity contribution in [2.45, 2.75) is 19.4 Å². The van der Waals surface area contributed by atoms with Crippen molar-refractivity contribution in [2.75, 3.05) is 20.2 Å². The molecule has 0 spiro atoms. The lowest BCUT2D eigenvalue weighted by molar-refractivity contribution is -0.121. The van der Waals surface area contributed by atoms with Gasteiger partial charge in [-0.05, 0) is 24.7 Å². The number of alkyl halides is 2. The lowest BCUT2D eigenvalue weighted by atomic mass is 10.2. The summed E-state index contributed by atoms with van der Waals surface area (Å²) < 4.78 is 28.9. The Balaban J connectivity index is 0.00000361. The first-order valence-corrected chi connectivity index (χ1v) is 6.03. The normalized spacial score (nSPS) is 10.0. The third-order valence-corrected chi connectivity index (χ3v) is 2.37. The van der Waals surface area contributed by atoms with Crippen LogP contribution >= 0.6 is 12.4 Å². The van der Waals surface area contributed by atoms with Crippen LogP contribution in [0.5, 0.6) is 5.75 Å². The van der Waals surface area contributed by atoms with Gasteiger partial charge in [-0.1, -0.05) is 12.1 Å². The number of nitrogens with one attached hydrogen (secondary N) is 2. The third kappa shape index (κ3) is 7.91. The Bertz CT molecular complexity index is 406. The SMILES string of the molecule is CNCCC(=O)NCc1cccc(OCC(F)F)c1.Cl. The molecule has 1 rings (SSSR count). The number of halogens is 3. The zero-order valence-corrected chi connectivity index (χ0v) is 12.0. The number of carbonyl (C=O) groups is 1. The highest BCUT2D eigenvalue weighted by molar-refractivity contribution is 5.85. The molecule has 0 aromatic heterocycles. The van der Waals surface area contributed by atoms with Gasteiger partial charge < -0.3 is 15.4 Å². The summed E-state index contributed by atoms with van der Waals surface area (Å²) in [5, 5.41) is 5.62. The molecule has 4 nitrogen and oxygen atoms in total. The molecule has 0 radical (unpaired) electrons. The van der Waals surface area contributed by atoms with Gasteiger partial charge in [0.25, 0.3) is 6.43 Å². The Hall–Kier alpha value is -1.40. The average molecular weight is 309 g/mol. The fraction of sp³-hybridized carbons (Fsp3) is 0.462. The van der Waals surface area contributed by atoms with E-state index < -0.39 is 13.0 Å². The third-order valence-electron chi connectivity index (χ3n) is 2.37. The molecule has 0 saturated heterocycles. The Morgan fingerprint density at radius 2 is 2.15 bits per heavy atom. The fourth-order valence-corrected chi connectivity index (χ4v) is 1.43. The number of ether oxygens (including phenoxy) is 1. The zero-order valence-electron chi connectivity index (χ0n) is 11.2. The van der Waals surface area contributed by atoms with E-state index in [0.717, 1.165) is 5.56 Å². The lowest BCUT2D eigenvalue weighted by Gasteiger charge is -2.08. The molecule has 0 atom stereocenters. The maximum atomic E-state index is 12.0. The molecule has 0 aliphatic rings. The molecule has 20 heavy (non-hydrogen) atoms. The number of rotatable bonds is 8. The van der Waals surface area contributed by atoms with Crippen LogP contribution in [0.2, 0.25) is 0 Å². The van der Waals surface area contributed by atoms with E-state index >= 15 is 0 Å². The van der Waals surface area contributed by atoms with Crippen LogP contribution in [0.1, 0.15) is 12.0 Å². The molecule has 114 valence electrons. The van der Waals surface area contributed by atoms with Crippen molar-refractivity contribution >= 4 is 18.3 Å². The van der Waals surface area contributed by atoms with E-state index in [4.69, 9.17) is 4.74 Å². The summed E-state index contributed by atoms with van der Waals surface area (Å²) in [6.07, 6.45) is -2.09. The molecule has 0 saturated carbocycles. The molecule has 1 aromatic carbocycles. The van der Waals surface area contributed by atoms with Crippen LogP contribution < -0.4 is 15.4 Å². The molecule has 0 unspecified atom stereocenters. The van der Waals surface area contributed by atoms with Crippen molar-refractivity contribution in [3.8, 4) is 5.75 Å². The van der Waals surface area contributed by atoms with Crippen molar-refractivity contribution in [3.05, 3.63) is 29.8 Å². The van der Waals surface area contributed by atoms with E-state index in [2.05, 4.69) is 10.6 Å². The molecule has 0 bridgehead atoms.